The maximum Gasteiger partial charge on any atom is 0.182 e. The molecule has 2 unspecified atom stereocenters. The number of hydrogen-bond donors (Lipinski definition) is 1. The molecule has 5 heteroatoms. The highest BCUT2D eigenvalue weighted by Crippen LogP contribution is 2.19. The molecule has 15 heavy (non-hydrogen) atoms. The molecule has 1 aromatic rings. The van der Waals surface area contributed by atoms with E-state index in [-0.39, 0.29) is 4.90 Å². The van der Waals surface area contributed by atoms with Gasteiger partial charge in [-0.1, -0.05) is 11.6 Å². The Morgan fingerprint density at radius 3 is 2.07 bits per heavy atom. The molecule has 0 bridgehead atoms. The van der Waals surface area contributed by atoms with Crippen LogP contribution in [0.3, 0.4) is 0 Å². The van der Waals surface area contributed by atoms with Crippen LogP contribution in [0.25, 0.3) is 0 Å². The average Bonchev–Trinajstić information content (AvgIpc) is 2.17. The third-order valence-corrected chi connectivity index (χ3v) is 4.96. The molecule has 2 N–H and O–H groups in total. The minimum Gasteiger partial charge on any atom is -0.327 e. The number of sulfone groups is 1. The molecule has 84 valence electrons. The molecule has 0 saturated carbocycles. The molecule has 2 atom stereocenters. The molecule has 0 aromatic heterocycles. The van der Waals surface area contributed by atoms with Gasteiger partial charge in [0.2, 0.25) is 0 Å². The lowest BCUT2D eigenvalue weighted by Gasteiger charge is -2.16. The highest BCUT2D eigenvalue weighted by Gasteiger charge is 2.25. The summed E-state index contributed by atoms with van der Waals surface area (Å²) in [6.07, 6.45) is 0. The Bertz CT molecular complexity index is 425. The van der Waals surface area contributed by atoms with Crippen LogP contribution in [-0.4, -0.2) is 19.7 Å². The topological polar surface area (TPSA) is 60.2 Å². The van der Waals surface area contributed by atoms with Crippen molar-refractivity contribution in [1.29, 1.82) is 0 Å². The number of halogens is 1. The monoisotopic (exact) mass is 247 g/mol. The van der Waals surface area contributed by atoms with Gasteiger partial charge in [0.25, 0.3) is 0 Å². The summed E-state index contributed by atoms with van der Waals surface area (Å²) in [5, 5.41) is -0.0823. The standard InChI is InChI=1S/C10H14ClNO2S/c1-7(12)8(2)15(13,14)10-5-3-9(11)4-6-10/h3-8H,12H2,1-2H3. The van der Waals surface area contributed by atoms with Crippen LogP contribution in [-0.2, 0) is 9.84 Å². The second-order valence-electron chi connectivity index (χ2n) is 3.56. The van der Waals surface area contributed by atoms with E-state index in [0.717, 1.165) is 0 Å². The Morgan fingerprint density at radius 2 is 1.67 bits per heavy atom. The number of nitrogens with two attached hydrogens (primary N) is 1. The highest BCUT2D eigenvalue weighted by molar-refractivity contribution is 7.92. The smallest absolute Gasteiger partial charge is 0.182 e. The van der Waals surface area contributed by atoms with Gasteiger partial charge in [-0.05, 0) is 38.1 Å². The molecule has 0 amide bonds. The van der Waals surface area contributed by atoms with Gasteiger partial charge in [0.1, 0.15) is 0 Å². The first-order valence-corrected chi connectivity index (χ1v) is 6.53. The van der Waals surface area contributed by atoms with Crippen LogP contribution in [0.15, 0.2) is 29.2 Å². The summed E-state index contributed by atoms with van der Waals surface area (Å²) in [4.78, 5) is 0.261. The molecule has 0 radical (unpaired) electrons. The minimum atomic E-state index is -3.34. The van der Waals surface area contributed by atoms with Gasteiger partial charge in [0, 0.05) is 11.1 Å². The lowest BCUT2D eigenvalue weighted by Crippen LogP contribution is -2.35. The van der Waals surface area contributed by atoms with E-state index in [1.54, 1.807) is 26.0 Å². The summed E-state index contributed by atoms with van der Waals surface area (Å²) >= 11 is 5.68. The fourth-order valence-corrected chi connectivity index (χ4v) is 2.76. The van der Waals surface area contributed by atoms with Crippen molar-refractivity contribution < 1.29 is 8.42 Å². The summed E-state index contributed by atoms with van der Waals surface area (Å²) in [6.45, 7) is 3.28. The van der Waals surface area contributed by atoms with Crippen LogP contribution < -0.4 is 5.73 Å². The molecule has 0 heterocycles. The second-order valence-corrected chi connectivity index (χ2v) is 6.30. The van der Waals surface area contributed by atoms with Crippen molar-refractivity contribution in [2.45, 2.75) is 30.0 Å². The van der Waals surface area contributed by atoms with Gasteiger partial charge in [-0.25, -0.2) is 8.42 Å². The van der Waals surface area contributed by atoms with Crippen LogP contribution >= 0.6 is 11.6 Å². The maximum atomic E-state index is 12.0. The maximum absolute atomic E-state index is 12.0. The first-order chi connectivity index (χ1) is 6.85. The highest BCUT2D eigenvalue weighted by atomic mass is 35.5. The van der Waals surface area contributed by atoms with E-state index in [4.69, 9.17) is 17.3 Å². The van der Waals surface area contributed by atoms with Crippen molar-refractivity contribution in [3.63, 3.8) is 0 Å². The second kappa shape index (κ2) is 4.51. The minimum absolute atomic E-state index is 0.261. The van der Waals surface area contributed by atoms with Crippen molar-refractivity contribution in [1.82, 2.24) is 0 Å². The van der Waals surface area contributed by atoms with E-state index < -0.39 is 21.1 Å². The predicted molar refractivity (Wildman–Crippen MR) is 61.7 cm³/mol. The molecular weight excluding hydrogens is 234 g/mol. The van der Waals surface area contributed by atoms with Gasteiger partial charge in [-0.2, -0.15) is 0 Å². The quantitative estimate of drug-likeness (QED) is 0.887. The third-order valence-electron chi connectivity index (χ3n) is 2.37. The van der Waals surface area contributed by atoms with Crippen molar-refractivity contribution in [3.05, 3.63) is 29.3 Å². The summed E-state index contributed by atoms with van der Waals surface area (Å²) in [7, 11) is -3.34. The van der Waals surface area contributed by atoms with E-state index in [0.29, 0.717) is 5.02 Å². The summed E-state index contributed by atoms with van der Waals surface area (Å²) in [5.41, 5.74) is 5.58. The van der Waals surface area contributed by atoms with E-state index in [2.05, 4.69) is 0 Å². The summed E-state index contributed by atoms with van der Waals surface area (Å²) in [5.74, 6) is 0. The van der Waals surface area contributed by atoms with Crippen LogP contribution in [0.4, 0.5) is 0 Å². The van der Waals surface area contributed by atoms with Gasteiger partial charge in [-0.15, -0.1) is 0 Å². The summed E-state index contributed by atoms with van der Waals surface area (Å²) < 4.78 is 23.9. The van der Waals surface area contributed by atoms with Crippen LogP contribution in [0.1, 0.15) is 13.8 Å². The van der Waals surface area contributed by atoms with Gasteiger partial charge in [-0.3, -0.25) is 0 Å². The number of benzene rings is 1. The molecule has 1 aromatic carbocycles. The third kappa shape index (κ3) is 2.71. The van der Waals surface area contributed by atoms with Gasteiger partial charge in [0.05, 0.1) is 10.1 Å². The zero-order valence-electron chi connectivity index (χ0n) is 8.64. The lowest BCUT2D eigenvalue weighted by molar-refractivity contribution is 0.568. The Hall–Kier alpha value is -0.580. The molecule has 0 aliphatic carbocycles. The Labute approximate surface area is 95.2 Å². The predicted octanol–water partition coefficient (Wildman–Crippen LogP) is 1.85. The Kier molecular flexibility index (Phi) is 3.76. The molecule has 0 fully saturated rings. The zero-order valence-corrected chi connectivity index (χ0v) is 10.2. The van der Waals surface area contributed by atoms with Crippen LogP contribution in [0.2, 0.25) is 5.02 Å². The molecule has 0 aliphatic heterocycles. The first kappa shape index (κ1) is 12.5. The largest absolute Gasteiger partial charge is 0.327 e. The SMILES string of the molecule is CC(N)C(C)S(=O)(=O)c1ccc(Cl)cc1. The molecule has 3 nitrogen and oxygen atoms in total. The van der Waals surface area contributed by atoms with Crippen molar-refractivity contribution in [2.24, 2.45) is 5.73 Å². The number of rotatable bonds is 3. The fraction of sp³-hybridized carbons (Fsp3) is 0.400. The van der Waals surface area contributed by atoms with E-state index >= 15 is 0 Å². The van der Waals surface area contributed by atoms with Crippen LogP contribution in [0.5, 0.6) is 0 Å². The molecule has 0 spiro atoms. The van der Waals surface area contributed by atoms with Gasteiger partial charge < -0.3 is 5.73 Å². The van der Waals surface area contributed by atoms with Gasteiger partial charge in [0.15, 0.2) is 9.84 Å². The van der Waals surface area contributed by atoms with Crippen molar-refractivity contribution in [3.8, 4) is 0 Å². The average molecular weight is 248 g/mol. The van der Waals surface area contributed by atoms with Crippen molar-refractivity contribution in [2.75, 3.05) is 0 Å². The Morgan fingerprint density at radius 1 is 1.20 bits per heavy atom. The van der Waals surface area contributed by atoms with Crippen LogP contribution in [0, 0.1) is 0 Å². The Balaban J connectivity index is 3.12. The van der Waals surface area contributed by atoms with Crippen molar-refractivity contribution >= 4 is 21.4 Å². The number of hydrogen-bond acceptors (Lipinski definition) is 3. The van der Waals surface area contributed by atoms with Gasteiger partial charge >= 0.3 is 0 Å². The summed E-state index contributed by atoms with van der Waals surface area (Å²) in [6, 6.07) is 5.71. The van der Waals surface area contributed by atoms with E-state index in [9.17, 15) is 8.42 Å². The molecule has 0 aliphatic rings. The molecule has 1 rings (SSSR count). The first-order valence-electron chi connectivity index (χ1n) is 4.60. The lowest BCUT2D eigenvalue weighted by atomic mass is 10.3. The van der Waals surface area contributed by atoms with E-state index in [1.807, 2.05) is 0 Å². The fourth-order valence-electron chi connectivity index (χ4n) is 1.12. The normalized spacial score (nSPS) is 16.0. The molecular formula is C10H14ClNO2S. The zero-order chi connectivity index (χ0) is 11.6. The molecule has 0 saturated heterocycles. The van der Waals surface area contributed by atoms with E-state index in [1.165, 1.54) is 12.1 Å².